The number of nitrogens with zero attached hydrogens (tertiary/aromatic N) is 4. The van der Waals surface area contributed by atoms with Gasteiger partial charge in [-0.15, -0.1) is 0 Å². The van der Waals surface area contributed by atoms with Crippen LogP contribution in [0.15, 0.2) is 16.2 Å². The van der Waals surface area contributed by atoms with E-state index in [1.54, 1.807) is 36.6 Å². The SMILES string of the molecule is C[C@@H]1CN2c3c4c(nc5c(F)c(Br)c(Cl)cc35)O[C@H](CN)CN4C(=C=O)[C@H]2CN1C(=O)OC(C)(C)C. The molecule has 0 spiro atoms. The van der Waals surface area contributed by atoms with Gasteiger partial charge in [0.05, 0.1) is 34.3 Å². The Hall–Kier alpha value is -2.59. The highest BCUT2D eigenvalue weighted by Gasteiger charge is 2.48. The summed E-state index contributed by atoms with van der Waals surface area (Å²) in [4.78, 5) is 35.3. The topological polar surface area (TPSA) is 101 Å². The molecule has 1 fully saturated rings. The molecule has 0 saturated carbocycles. The molecule has 36 heavy (non-hydrogen) atoms. The second-order valence-electron chi connectivity index (χ2n) is 10.2. The molecule has 0 bridgehead atoms. The summed E-state index contributed by atoms with van der Waals surface area (Å²) in [5.74, 6) is 1.66. The van der Waals surface area contributed by atoms with E-state index >= 15 is 4.39 Å². The molecule has 9 nitrogen and oxygen atoms in total. The van der Waals surface area contributed by atoms with Crippen molar-refractivity contribution in [1.82, 2.24) is 9.88 Å². The highest BCUT2D eigenvalue weighted by atomic mass is 79.9. The van der Waals surface area contributed by atoms with E-state index in [4.69, 9.17) is 26.8 Å². The molecule has 2 N–H and O–H groups in total. The van der Waals surface area contributed by atoms with E-state index in [-0.39, 0.29) is 46.6 Å². The number of hydrogen-bond donors (Lipinski definition) is 1. The number of nitrogens with two attached hydrogens (primary N) is 1. The number of rotatable bonds is 1. The van der Waals surface area contributed by atoms with Crippen LogP contribution in [0.1, 0.15) is 27.7 Å². The Kier molecular flexibility index (Phi) is 6.10. The lowest BCUT2D eigenvalue weighted by atomic mass is 9.95. The third kappa shape index (κ3) is 3.89. The van der Waals surface area contributed by atoms with Gasteiger partial charge < -0.3 is 29.9 Å². The van der Waals surface area contributed by atoms with Gasteiger partial charge in [0.25, 0.3) is 0 Å². The fraction of sp³-hybridized carbons (Fsp3) is 0.500. The first kappa shape index (κ1) is 25.1. The maximum Gasteiger partial charge on any atom is 0.410 e. The van der Waals surface area contributed by atoms with E-state index in [2.05, 4.69) is 26.9 Å². The second kappa shape index (κ2) is 8.76. The molecule has 12 heteroatoms. The number of halogens is 3. The van der Waals surface area contributed by atoms with Crippen molar-refractivity contribution < 1.29 is 23.5 Å². The van der Waals surface area contributed by atoms with Gasteiger partial charge in [0.1, 0.15) is 34.5 Å². The van der Waals surface area contributed by atoms with E-state index < -0.39 is 29.7 Å². The average molecular weight is 583 g/mol. The molecule has 3 aliphatic heterocycles. The van der Waals surface area contributed by atoms with E-state index in [0.717, 1.165) is 0 Å². The maximum absolute atomic E-state index is 15.4. The molecule has 3 aliphatic rings. The Bertz CT molecular complexity index is 1330. The summed E-state index contributed by atoms with van der Waals surface area (Å²) in [6.07, 6.45) is -0.945. The molecule has 1 aromatic heterocycles. The fourth-order valence-electron chi connectivity index (χ4n) is 5.04. The van der Waals surface area contributed by atoms with E-state index in [1.165, 1.54) is 0 Å². The minimum Gasteiger partial charge on any atom is -0.470 e. The summed E-state index contributed by atoms with van der Waals surface area (Å²) in [5, 5.41) is 0.668. The Balaban J connectivity index is 1.72. The molecular formula is C24H26BrClFN5O4. The molecular weight excluding hydrogens is 557 g/mol. The van der Waals surface area contributed by atoms with Crippen molar-refractivity contribution >= 4 is 61.8 Å². The van der Waals surface area contributed by atoms with Crippen LogP contribution in [0.2, 0.25) is 5.02 Å². The third-order valence-corrected chi connectivity index (χ3v) is 7.90. The average Bonchev–Trinajstić information content (AvgIpc) is 2.81. The number of pyridine rings is 1. The van der Waals surface area contributed by atoms with E-state index in [1.807, 2.05) is 11.8 Å². The molecule has 1 saturated heterocycles. The van der Waals surface area contributed by atoms with Crippen LogP contribution in [0.4, 0.5) is 20.6 Å². The lowest BCUT2D eigenvalue weighted by Gasteiger charge is -2.53. The van der Waals surface area contributed by atoms with Crippen molar-refractivity contribution in [2.75, 3.05) is 36.0 Å². The zero-order valence-corrected chi connectivity index (χ0v) is 22.6. The lowest BCUT2D eigenvalue weighted by molar-refractivity contribution is 0.0133. The zero-order valence-electron chi connectivity index (χ0n) is 20.3. The van der Waals surface area contributed by atoms with Crippen LogP contribution in [-0.4, -0.2) is 71.9 Å². The Morgan fingerprint density at radius 2 is 2.08 bits per heavy atom. The first-order chi connectivity index (χ1) is 16.9. The highest BCUT2D eigenvalue weighted by Crippen LogP contribution is 2.52. The summed E-state index contributed by atoms with van der Waals surface area (Å²) >= 11 is 9.56. The van der Waals surface area contributed by atoms with Crippen LogP contribution in [-0.2, 0) is 9.53 Å². The predicted molar refractivity (Wildman–Crippen MR) is 138 cm³/mol. The maximum atomic E-state index is 15.4. The van der Waals surface area contributed by atoms with Crippen molar-refractivity contribution in [2.24, 2.45) is 5.73 Å². The molecule has 0 aliphatic carbocycles. The van der Waals surface area contributed by atoms with Gasteiger partial charge in [-0.05, 0) is 49.7 Å². The number of anilines is 2. The normalized spacial score (nSPS) is 23.2. The molecule has 5 rings (SSSR count). The van der Waals surface area contributed by atoms with Crippen LogP contribution in [0.3, 0.4) is 0 Å². The molecule has 1 amide bonds. The number of fused-ring (bicyclic) bond motifs is 4. The molecule has 4 heterocycles. The summed E-state index contributed by atoms with van der Waals surface area (Å²) < 4.78 is 27.1. The summed E-state index contributed by atoms with van der Waals surface area (Å²) in [6, 6.07) is 0.822. The van der Waals surface area contributed by atoms with Crippen molar-refractivity contribution in [3.05, 3.63) is 27.1 Å². The third-order valence-electron chi connectivity index (χ3n) is 6.59. The smallest absolute Gasteiger partial charge is 0.410 e. The summed E-state index contributed by atoms with van der Waals surface area (Å²) in [6.45, 7) is 8.29. The van der Waals surface area contributed by atoms with Crippen LogP contribution in [0, 0.1) is 5.82 Å². The zero-order chi connectivity index (χ0) is 26.1. The number of benzene rings is 1. The van der Waals surface area contributed by atoms with Crippen LogP contribution in [0.5, 0.6) is 5.88 Å². The first-order valence-electron chi connectivity index (χ1n) is 11.6. The Morgan fingerprint density at radius 1 is 1.36 bits per heavy atom. The molecule has 0 unspecified atom stereocenters. The quantitative estimate of drug-likeness (QED) is 0.400. The fourth-order valence-corrected chi connectivity index (χ4v) is 5.54. The number of ether oxygens (including phenoxy) is 2. The van der Waals surface area contributed by atoms with Gasteiger partial charge in [0.15, 0.2) is 5.82 Å². The van der Waals surface area contributed by atoms with Gasteiger partial charge in [-0.1, -0.05) is 11.6 Å². The van der Waals surface area contributed by atoms with Gasteiger partial charge in [-0.3, -0.25) is 0 Å². The number of amides is 1. The van der Waals surface area contributed by atoms with Gasteiger partial charge in [-0.2, -0.15) is 0 Å². The number of carbonyl (C=O) groups is 1. The summed E-state index contributed by atoms with van der Waals surface area (Å²) in [7, 11) is 0. The molecule has 2 aromatic rings. The monoisotopic (exact) mass is 581 g/mol. The lowest BCUT2D eigenvalue weighted by Crippen LogP contribution is -2.64. The molecule has 1 aromatic carbocycles. The van der Waals surface area contributed by atoms with Gasteiger partial charge >= 0.3 is 6.09 Å². The van der Waals surface area contributed by atoms with Crippen molar-refractivity contribution in [3.8, 4) is 5.88 Å². The van der Waals surface area contributed by atoms with Crippen LogP contribution < -0.4 is 20.3 Å². The van der Waals surface area contributed by atoms with E-state index in [0.29, 0.717) is 29.0 Å². The van der Waals surface area contributed by atoms with Crippen molar-refractivity contribution in [2.45, 2.75) is 51.5 Å². The van der Waals surface area contributed by atoms with Crippen molar-refractivity contribution in [3.63, 3.8) is 0 Å². The van der Waals surface area contributed by atoms with Gasteiger partial charge in [0.2, 0.25) is 5.88 Å². The standard InChI is InChI=1S/C24H26BrClFN5O4/c1-11-7-31-15(9-30(11)23(34)36-24(2,3)4)16(10-33)32-8-12(6-28)35-22-21(32)20(31)13-5-14(26)17(25)18(27)19(13)29-22/h5,11-12,15H,6-9,28H2,1-4H3/t11-,12-,15-/m1/s1. The van der Waals surface area contributed by atoms with Gasteiger partial charge in [-0.25, -0.2) is 19.0 Å². The van der Waals surface area contributed by atoms with Crippen molar-refractivity contribution in [1.29, 1.82) is 0 Å². The van der Waals surface area contributed by atoms with Gasteiger partial charge in [0, 0.05) is 24.5 Å². The summed E-state index contributed by atoms with van der Waals surface area (Å²) in [5.41, 5.74) is 6.82. The highest BCUT2D eigenvalue weighted by molar-refractivity contribution is 9.10. The van der Waals surface area contributed by atoms with E-state index in [9.17, 15) is 9.59 Å². The number of carbonyl (C=O) groups excluding carboxylic acids is 2. The number of aromatic nitrogens is 1. The molecule has 192 valence electrons. The molecule has 0 radical (unpaired) electrons. The molecule has 3 atom stereocenters. The Morgan fingerprint density at radius 3 is 2.72 bits per heavy atom. The minimum atomic E-state index is -0.673. The second-order valence-corrected chi connectivity index (χ2v) is 11.4. The number of hydrogen-bond acceptors (Lipinski definition) is 8. The number of piperazine rings is 1. The largest absolute Gasteiger partial charge is 0.470 e. The minimum absolute atomic E-state index is 0.0807. The predicted octanol–water partition coefficient (Wildman–Crippen LogP) is 3.86. The Labute approximate surface area is 221 Å². The first-order valence-corrected chi connectivity index (χ1v) is 12.8. The van der Waals surface area contributed by atoms with Crippen LogP contribution in [0.25, 0.3) is 10.9 Å². The van der Waals surface area contributed by atoms with Crippen LogP contribution >= 0.6 is 27.5 Å².